The van der Waals surface area contributed by atoms with Gasteiger partial charge in [-0.25, -0.2) is 0 Å². The summed E-state index contributed by atoms with van der Waals surface area (Å²) in [4.78, 5) is 34.6. The van der Waals surface area contributed by atoms with Crippen LogP contribution >= 0.6 is 0 Å². The van der Waals surface area contributed by atoms with E-state index >= 15 is 0 Å². The topological polar surface area (TPSA) is 92.7 Å². The Bertz CT molecular complexity index is 588. The number of nitrogens with one attached hydrogen (secondary N) is 1. The lowest BCUT2D eigenvalue weighted by Gasteiger charge is -2.28. The number of Topliss-reactive ketones (excluding diaryl/α,β-unsaturated/α-hetero) is 1. The Morgan fingerprint density at radius 1 is 0.933 bits per heavy atom. The third kappa shape index (κ3) is 8.58. The number of carboxylic acid groups (broad SMARTS) is 1. The maximum absolute atomic E-state index is 12.2. The van der Waals surface area contributed by atoms with Crippen molar-refractivity contribution in [3.8, 4) is 0 Å². The van der Waals surface area contributed by atoms with Crippen LogP contribution in [-0.4, -0.2) is 41.5 Å². The van der Waals surface area contributed by atoms with Crippen molar-refractivity contribution in [2.45, 2.75) is 103 Å². The minimum absolute atomic E-state index is 0.0290. The van der Waals surface area contributed by atoms with Crippen molar-refractivity contribution in [1.82, 2.24) is 5.32 Å². The van der Waals surface area contributed by atoms with E-state index in [-0.39, 0.29) is 30.6 Å². The van der Waals surface area contributed by atoms with Crippen LogP contribution in [0.2, 0.25) is 0 Å². The Morgan fingerprint density at radius 2 is 1.67 bits per heavy atom. The van der Waals surface area contributed by atoms with E-state index in [4.69, 9.17) is 9.84 Å². The highest BCUT2D eigenvalue weighted by atomic mass is 16.5. The van der Waals surface area contributed by atoms with Crippen LogP contribution in [0.3, 0.4) is 0 Å². The summed E-state index contributed by atoms with van der Waals surface area (Å²) in [6.07, 6.45) is 15.0. The number of aliphatic carboxylic acids is 1. The van der Waals surface area contributed by atoms with Gasteiger partial charge in [-0.3, -0.25) is 14.4 Å². The largest absolute Gasteiger partial charge is 0.481 e. The predicted molar refractivity (Wildman–Crippen MR) is 116 cm³/mol. The van der Waals surface area contributed by atoms with E-state index in [2.05, 4.69) is 24.4 Å². The fourth-order valence-corrected chi connectivity index (χ4v) is 4.72. The highest BCUT2D eigenvalue weighted by Crippen LogP contribution is 2.45. The molecule has 2 saturated heterocycles. The smallest absolute Gasteiger partial charge is 0.303 e. The molecule has 2 aliphatic heterocycles. The fraction of sp³-hybridized carbons (Fsp3) is 0.792. The van der Waals surface area contributed by atoms with E-state index in [1.165, 1.54) is 0 Å². The van der Waals surface area contributed by atoms with Crippen LogP contribution in [0, 0.1) is 11.8 Å². The lowest BCUT2D eigenvalue weighted by atomic mass is 9.77. The van der Waals surface area contributed by atoms with Gasteiger partial charge in [0.05, 0.1) is 12.2 Å². The second-order valence-electron chi connectivity index (χ2n) is 8.75. The van der Waals surface area contributed by atoms with Gasteiger partial charge < -0.3 is 15.2 Å². The Hall–Kier alpha value is -1.69. The van der Waals surface area contributed by atoms with E-state index in [1.54, 1.807) is 0 Å². The number of fused-ring (bicyclic) bond motifs is 2. The van der Waals surface area contributed by atoms with Crippen LogP contribution in [0.25, 0.3) is 0 Å². The van der Waals surface area contributed by atoms with Crippen LogP contribution in [-0.2, 0) is 19.1 Å². The zero-order chi connectivity index (χ0) is 21.8. The summed E-state index contributed by atoms with van der Waals surface area (Å²) >= 11 is 0. The molecule has 6 nitrogen and oxygen atoms in total. The number of hydrogen-bond acceptors (Lipinski definition) is 4. The molecule has 2 aliphatic rings. The minimum Gasteiger partial charge on any atom is -0.481 e. The van der Waals surface area contributed by atoms with Gasteiger partial charge in [0.2, 0.25) is 5.91 Å². The van der Waals surface area contributed by atoms with Gasteiger partial charge in [-0.15, -0.1) is 0 Å². The fourth-order valence-electron chi connectivity index (χ4n) is 4.72. The molecule has 4 atom stereocenters. The van der Waals surface area contributed by atoms with Gasteiger partial charge in [0, 0.05) is 38.1 Å². The van der Waals surface area contributed by atoms with Crippen LogP contribution in [0.5, 0.6) is 0 Å². The quantitative estimate of drug-likeness (QED) is 0.284. The molecule has 2 N–H and O–H groups in total. The average molecular weight is 422 g/mol. The van der Waals surface area contributed by atoms with Crippen molar-refractivity contribution >= 4 is 17.7 Å². The van der Waals surface area contributed by atoms with Gasteiger partial charge in [-0.05, 0) is 50.9 Å². The first-order valence-corrected chi connectivity index (χ1v) is 11.8. The van der Waals surface area contributed by atoms with Crippen molar-refractivity contribution < 1.29 is 24.2 Å². The van der Waals surface area contributed by atoms with E-state index in [1.807, 2.05) is 0 Å². The monoisotopic (exact) mass is 421 g/mol. The van der Waals surface area contributed by atoms with E-state index in [0.717, 1.165) is 51.4 Å². The summed E-state index contributed by atoms with van der Waals surface area (Å²) < 4.78 is 6.11. The molecule has 0 unspecified atom stereocenters. The molecule has 0 aromatic rings. The van der Waals surface area contributed by atoms with E-state index in [0.29, 0.717) is 43.7 Å². The SMILES string of the molecule is CCCCCC(=O)CCC(=O)NC[C@@H]1[C@H](CC/C=C\CCCC(=O)O)[C@@H]2CC[C@H]1O2. The predicted octanol–water partition coefficient (Wildman–Crippen LogP) is 4.42. The maximum atomic E-state index is 12.2. The van der Waals surface area contributed by atoms with Gasteiger partial charge in [0.15, 0.2) is 0 Å². The average Bonchev–Trinajstić information content (AvgIpc) is 3.31. The highest BCUT2D eigenvalue weighted by Gasteiger charge is 2.48. The molecule has 0 aromatic heterocycles. The van der Waals surface area contributed by atoms with Gasteiger partial charge in [-0.1, -0.05) is 31.9 Å². The number of carbonyl (C=O) groups is 3. The number of ketones is 1. The molecular weight excluding hydrogens is 382 g/mol. The van der Waals surface area contributed by atoms with Crippen molar-refractivity contribution in [3.05, 3.63) is 12.2 Å². The van der Waals surface area contributed by atoms with E-state index < -0.39 is 5.97 Å². The number of unbranched alkanes of at least 4 members (excludes halogenated alkanes) is 3. The third-order valence-electron chi connectivity index (χ3n) is 6.41. The molecule has 1 amide bonds. The molecule has 0 aliphatic carbocycles. The van der Waals surface area contributed by atoms with Crippen LogP contribution in [0.1, 0.15) is 90.4 Å². The lowest BCUT2D eigenvalue weighted by Crippen LogP contribution is -2.38. The number of rotatable bonds is 16. The minimum atomic E-state index is -0.742. The summed E-state index contributed by atoms with van der Waals surface area (Å²) in [6, 6.07) is 0. The first kappa shape index (κ1) is 24.6. The van der Waals surface area contributed by atoms with E-state index in [9.17, 15) is 14.4 Å². The van der Waals surface area contributed by atoms with Crippen LogP contribution in [0.15, 0.2) is 12.2 Å². The molecule has 6 heteroatoms. The molecule has 2 bridgehead atoms. The van der Waals surface area contributed by atoms with Crippen molar-refractivity contribution in [3.63, 3.8) is 0 Å². The lowest BCUT2D eigenvalue weighted by molar-refractivity contribution is -0.137. The summed E-state index contributed by atoms with van der Waals surface area (Å²) in [5, 5.41) is 11.7. The number of carboxylic acids is 1. The number of hydrogen-bond donors (Lipinski definition) is 2. The second kappa shape index (κ2) is 13.6. The molecule has 2 heterocycles. The van der Waals surface area contributed by atoms with Gasteiger partial charge in [-0.2, -0.15) is 0 Å². The second-order valence-corrected chi connectivity index (χ2v) is 8.75. The van der Waals surface area contributed by atoms with Crippen molar-refractivity contribution in [2.75, 3.05) is 6.54 Å². The first-order chi connectivity index (χ1) is 14.5. The normalized spacial score (nSPS) is 25.1. The number of carbonyl (C=O) groups excluding carboxylic acids is 2. The van der Waals surface area contributed by atoms with Gasteiger partial charge >= 0.3 is 5.97 Å². The molecule has 0 saturated carbocycles. The van der Waals surface area contributed by atoms with Gasteiger partial charge in [0.25, 0.3) is 0 Å². The number of allylic oxidation sites excluding steroid dienone is 2. The highest BCUT2D eigenvalue weighted by molar-refractivity contribution is 5.84. The zero-order valence-electron chi connectivity index (χ0n) is 18.4. The Morgan fingerprint density at radius 3 is 2.40 bits per heavy atom. The third-order valence-corrected chi connectivity index (χ3v) is 6.41. The Kier molecular flexibility index (Phi) is 11.1. The summed E-state index contributed by atoms with van der Waals surface area (Å²) in [5.41, 5.74) is 0. The molecule has 170 valence electrons. The van der Waals surface area contributed by atoms with Crippen molar-refractivity contribution in [2.24, 2.45) is 11.8 Å². The van der Waals surface area contributed by atoms with Crippen LogP contribution in [0.4, 0.5) is 0 Å². The maximum Gasteiger partial charge on any atom is 0.303 e. The summed E-state index contributed by atoms with van der Waals surface area (Å²) in [5.74, 6) is 0.235. The molecule has 0 radical (unpaired) electrons. The first-order valence-electron chi connectivity index (χ1n) is 11.8. The molecule has 2 rings (SSSR count). The molecule has 0 aromatic carbocycles. The molecule has 2 fully saturated rings. The molecular formula is C24H39NO5. The van der Waals surface area contributed by atoms with Gasteiger partial charge in [0.1, 0.15) is 5.78 Å². The van der Waals surface area contributed by atoms with Crippen molar-refractivity contribution in [1.29, 1.82) is 0 Å². The Labute approximate surface area is 180 Å². The van der Waals surface area contributed by atoms with Crippen LogP contribution < -0.4 is 5.32 Å². The molecule has 0 spiro atoms. The Balaban J connectivity index is 1.65. The number of amides is 1. The summed E-state index contributed by atoms with van der Waals surface area (Å²) in [6.45, 7) is 2.75. The molecule has 30 heavy (non-hydrogen) atoms. The zero-order valence-corrected chi connectivity index (χ0v) is 18.4. The number of ether oxygens (including phenoxy) is 1. The summed E-state index contributed by atoms with van der Waals surface area (Å²) in [7, 11) is 0. The standard InChI is InChI=1S/C24H39NO5/c1-2-3-7-10-18(26)13-16-23(27)25-17-20-19(21-14-15-22(20)30-21)11-8-5-4-6-9-12-24(28)29/h4-5,19-22H,2-3,6-17H2,1H3,(H,25,27)(H,28,29)/b5-4-/t19-,20+,21-,22+/m0/s1.